The topological polar surface area (TPSA) is 68.2 Å². The molecule has 0 aliphatic carbocycles. The van der Waals surface area contributed by atoms with Crippen LogP contribution in [0, 0.1) is 0 Å². The molecule has 2 atom stereocenters. The first-order chi connectivity index (χ1) is 9.86. The van der Waals surface area contributed by atoms with Gasteiger partial charge in [-0.15, -0.1) is 0 Å². The molecule has 0 fully saturated rings. The van der Waals surface area contributed by atoms with E-state index in [2.05, 4.69) is 0 Å². The molecule has 2 rings (SSSR count). The summed E-state index contributed by atoms with van der Waals surface area (Å²) >= 11 is 9.67. The second-order valence-corrected chi connectivity index (χ2v) is 9.49. The molecule has 2 N–H and O–H groups in total. The Morgan fingerprint density at radius 1 is 0.667 bits per heavy atom. The van der Waals surface area contributed by atoms with Gasteiger partial charge in [-0.1, -0.05) is 36.4 Å². The van der Waals surface area contributed by atoms with Crippen LogP contribution in [0.25, 0.3) is 0 Å². The van der Waals surface area contributed by atoms with Gasteiger partial charge in [0.2, 0.25) is 0 Å². The smallest absolute Gasteiger partial charge is 0.386 e. The average Bonchev–Trinajstić information content (AvgIpc) is 2.38. The highest BCUT2D eigenvalue weighted by Gasteiger charge is 2.29. The zero-order chi connectivity index (χ0) is 15.3. The van der Waals surface area contributed by atoms with Crippen LogP contribution >= 0.6 is 13.4 Å². The lowest BCUT2D eigenvalue weighted by molar-refractivity contribution is 0.327. The average molecular weight is 362 g/mol. The summed E-state index contributed by atoms with van der Waals surface area (Å²) in [5, 5.41) is 0. The van der Waals surface area contributed by atoms with Gasteiger partial charge in [0, 0.05) is 23.6 Å². The molecular formula is C12H12O5P2S2. The molecule has 0 spiro atoms. The standard InChI is InChI=1S/C12H12O5P2S2/c13-18(20,15-11-7-3-1-4-8-11)17-19(14,21)16-12-9-5-2-6-10-12/h1-10H,(H,13,20)(H,14,21). The van der Waals surface area contributed by atoms with Crippen molar-refractivity contribution in [2.75, 3.05) is 0 Å². The number of rotatable bonds is 6. The fourth-order valence-corrected chi connectivity index (χ4v) is 6.00. The molecular weight excluding hydrogens is 350 g/mol. The van der Waals surface area contributed by atoms with Gasteiger partial charge >= 0.3 is 13.4 Å². The van der Waals surface area contributed by atoms with Crippen molar-refractivity contribution in [2.24, 2.45) is 0 Å². The maximum Gasteiger partial charge on any atom is 0.386 e. The molecule has 0 aliphatic rings. The Kier molecular flexibility index (Phi) is 5.52. The summed E-state index contributed by atoms with van der Waals surface area (Å²) in [5.41, 5.74) is 0. The van der Waals surface area contributed by atoms with Crippen molar-refractivity contribution >= 4 is 37.1 Å². The van der Waals surface area contributed by atoms with E-state index < -0.39 is 13.4 Å². The fraction of sp³-hybridized carbons (Fsp3) is 0. The van der Waals surface area contributed by atoms with E-state index in [0.29, 0.717) is 11.5 Å². The van der Waals surface area contributed by atoms with Crippen molar-refractivity contribution in [3.05, 3.63) is 60.7 Å². The predicted molar refractivity (Wildman–Crippen MR) is 88.2 cm³/mol. The number of para-hydroxylation sites is 2. The first kappa shape index (κ1) is 16.6. The van der Waals surface area contributed by atoms with Crippen molar-refractivity contribution in [3.63, 3.8) is 0 Å². The number of hydrogen-bond acceptors (Lipinski definition) is 5. The van der Waals surface area contributed by atoms with Crippen LogP contribution in [0.2, 0.25) is 0 Å². The van der Waals surface area contributed by atoms with Crippen LogP contribution in [0.5, 0.6) is 11.5 Å². The van der Waals surface area contributed by atoms with E-state index in [1.807, 2.05) is 0 Å². The van der Waals surface area contributed by atoms with Gasteiger partial charge in [0.05, 0.1) is 0 Å². The van der Waals surface area contributed by atoms with Crippen LogP contribution in [0.15, 0.2) is 60.7 Å². The zero-order valence-electron chi connectivity index (χ0n) is 10.6. The van der Waals surface area contributed by atoms with Gasteiger partial charge in [0.1, 0.15) is 11.5 Å². The molecule has 0 amide bonds. The summed E-state index contributed by atoms with van der Waals surface area (Å²) in [4.78, 5) is 20.0. The molecule has 21 heavy (non-hydrogen) atoms. The Bertz CT molecular complexity index is 621. The van der Waals surface area contributed by atoms with Crippen LogP contribution in [-0.2, 0) is 27.9 Å². The monoisotopic (exact) mass is 362 g/mol. The summed E-state index contributed by atoms with van der Waals surface area (Å²) in [5.74, 6) is 0.635. The quantitative estimate of drug-likeness (QED) is 0.761. The fourth-order valence-electron chi connectivity index (χ4n) is 1.39. The summed E-state index contributed by atoms with van der Waals surface area (Å²) in [6, 6.07) is 16.8. The largest absolute Gasteiger partial charge is 0.424 e. The zero-order valence-corrected chi connectivity index (χ0v) is 14.0. The molecule has 0 aromatic heterocycles. The third-order valence-electron chi connectivity index (χ3n) is 2.13. The molecule has 0 aliphatic heterocycles. The maximum absolute atomic E-state index is 9.98. The maximum atomic E-state index is 9.98. The van der Waals surface area contributed by atoms with Gasteiger partial charge in [0.25, 0.3) is 0 Å². The molecule has 0 radical (unpaired) electrons. The first-order valence-electron chi connectivity index (χ1n) is 5.73. The van der Waals surface area contributed by atoms with Crippen LogP contribution in [0.1, 0.15) is 0 Å². The van der Waals surface area contributed by atoms with Crippen LogP contribution in [-0.4, -0.2) is 9.79 Å². The molecule has 2 unspecified atom stereocenters. The minimum atomic E-state index is -3.77. The van der Waals surface area contributed by atoms with E-state index in [1.165, 1.54) is 0 Å². The third-order valence-corrected chi connectivity index (χ3v) is 6.32. The molecule has 9 heteroatoms. The molecule has 112 valence electrons. The van der Waals surface area contributed by atoms with Gasteiger partial charge in [-0.25, -0.2) is 4.31 Å². The number of hydrogen-bond donors (Lipinski definition) is 2. The minimum Gasteiger partial charge on any atom is -0.424 e. The van der Waals surface area contributed by atoms with Crippen LogP contribution in [0.4, 0.5) is 0 Å². The van der Waals surface area contributed by atoms with Gasteiger partial charge in [0.15, 0.2) is 0 Å². The summed E-state index contributed by atoms with van der Waals surface area (Å²) < 4.78 is 15.3. The Hall–Kier alpha value is -0.780. The highest BCUT2D eigenvalue weighted by molar-refractivity contribution is 8.14. The predicted octanol–water partition coefficient (Wildman–Crippen LogP) is 3.59. The van der Waals surface area contributed by atoms with Gasteiger partial charge in [-0.2, -0.15) is 0 Å². The molecule has 0 saturated heterocycles. The number of benzene rings is 2. The third kappa shape index (κ3) is 5.85. The van der Waals surface area contributed by atoms with Crippen molar-refractivity contribution in [1.82, 2.24) is 0 Å². The Morgan fingerprint density at radius 2 is 1.00 bits per heavy atom. The summed E-state index contributed by atoms with van der Waals surface area (Å²) in [7, 11) is 0. The molecule has 0 saturated carbocycles. The lowest BCUT2D eigenvalue weighted by Crippen LogP contribution is -2.00. The van der Waals surface area contributed by atoms with E-state index in [4.69, 9.17) is 37.0 Å². The molecule has 5 nitrogen and oxygen atoms in total. The van der Waals surface area contributed by atoms with Crippen LogP contribution in [0.3, 0.4) is 0 Å². The normalized spacial score (nSPS) is 16.5. The van der Waals surface area contributed by atoms with E-state index in [1.54, 1.807) is 60.7 Å². The van der Waals surface area contributed by atoms with Crippen molar-refractivity contribution < 1.29 is 23.1 Å². The summed E-state index contributed by atoms with van der Waals surface area (Å²) in [6.45, 7) is -7.54. The SMILES string of the molecule is OP(=S)(Oc1ccccc1)OP(O)(=S)Oc1ccccc1. The summed E-state index contributed by atoms with van der Waals surface area (Å²) in [6.07, 6.45) is 0. The lowest BCUT2D eigenvalue weighted by Gasteiger charge is -2.22. The minimum absolute atomic E-state index is 0.318. The van der Waals surface area contributed by atoms with E-state index in [0.717, 1.165) is 0 Å². The van der Waals surface area contributed by atoms with Crippen molar-refractivity contribution in [2.45, 2.75) is 0 Å². The van der Waals surface area contributed by atoms with E-state index in [9.17, 15) is 9.79 Å². The van der Waals surface area contributed by atoms with Crippen molar-refractivity contribution in [1.29, 1.82) is 0 Å². The van der Waals surface area contributed by atoms with Gasteiger partial charge < -0.3 is 18.8 Å². The van der Waals surface area contributed by atoms with Gasteiger partial charge in [-0.3, -0.25) is 0 Å². The Labute approximate surface area is 132 Å². The van der Waals surface area contributed by atoms with Crippen LogP contribution < -0.4 is 9.05 Å². The molecule has 0 heterocycles. The molecule has 0 bridgehead atoms. The van der Waals surface area contributed by atoms with E-state index in [-0.39, 0.29) is 0 Å². The highest BCUT2D eigenvalue weighted by Crippen LogP contribution is 2.60. The first-order valence-corrected chi connectivity index (χ1v) is 10.9. The van der Waals surface area contributed by atoms with E-state index >= 15 is 0 Å². The Balaban J connectivity index is 2.04. The Morgan fingerprint density at radius 3 is 1.33 bits per heavy atom. The highest BCUT2D eigenvalue weighted by atomic mass is 32.5. The molecule has 2 aromatic rings. The second-order valence-electron chi connectivity index (χ2n) is 3.83. The second kappa shape index (κ2) is 6.99. The van der Waals surface area contributed by atoms with Crippen molar-refractivity contribution in [3.8, 4) is 11.5 Å². The van der Waals surface area contributed by atoms with Gasteiger partial charge in [-0.05, 0) is 24.3 Å². The lowest BCUT2D eigenvalue weighted by atomic mass is 10.3. The molecule has 2 aromatic carbocycles.